The third-order valence-corrected chi connectivity index (χ3v) is 2.18. The largest absolute Gasteiger partial charge is 0.491 e. The SMILES string of the molecule is CCCCCOc1ccc(C(=O)O)cc1F. The fourth-order valence-electron chi connectivity index (χ4n) is 1.29. The van der Waals surface area contributed by atoms with Gasteiger partial charge in [0.25, 0.3) is 0 Å². The van der Waals surface area contributed by atoms with Crippen molar-refractivity contribution in [3.05, 3.63) is 29.6 Å². The van der Waals surface area contributed by atoms with Crippen LogP contribution >= 0.6 is 0 Å². The molecule has 88 valence electrons. The van der Waals surface area contributed by atoms with Crippen molar-refractivity contribution in [2.24, 2.45) is 0 Å². The van der Waals surface area contributed by atoms with Gasteiger partial charge >= 0.3 is 5.97 Å². The van der Waals surface area contributed by atoms with Crippen LogP contribution in [0.3, 0.4) is 0 Å². The minimum atomic E-state index is -1.14. The van der Waals surface area contributed by atoms with Gasteiger partial charge in [0.15, 0.2) is 11.6 Å². The van der Waals surface area contributed by atoms with Crippen LogP contribution in [0.2, 0.25) is 0 Å². The van der Waals surface area contributed by atoms with Gasteiger partial charge in [0.2, 0.25) is 0 Å². The van der Waals surface area contributed by atoms with Crippen LogP contribution in [0.4, 0.5) is 4.39 Å². The van der Waals surface area contributed by atoms with Crippen molar-refractivity contribution in [2.75, 3.05) is 6.61 Å². The Kier molecular flexibility index (Phi) is 4.76. The molecule has 0 amide bonds. The van der Waals surface area contributed by atoms with Crippen LogP contribution in [0.15, 0.2) is 18.2 Å². The average Bonchev–Trinajstić information content (AvgIpc) is 2.26. The maximum absolute atomic E-state index is 13.3. The van der Waals surface area contributed by atoms with E-state index in [9.17, 15) is 9.18 Å². The van der Waals surface area contributed by atoms with Crippen LogP contribution < -0.4 is 4.74 Å². The zero-order valence-corrected chi connectivity index (χ0v) is 9.20. The number of hydrogen-bond acceptors (Lipinski definition) is 2. The Morgan fingerprint density at radius 3 is 2.75 bits per heavy atom. The number of aromatic carboxylic acids is 1. The molecule has 0 aliphatic carbocycles. The second-order valence-electron chi connectivity index (χ2n) is 3.51. The summed E-state index contributed by atoms with van der Waals surface area (Å²) < 4.78 is 18.5. The highest BCUT2D eigenvalue weighted by Crippen LogP contribution is 2.18. The molecule has 4 heteroatoms. The Bertz CT molecular complexity index is 363. The highest BCUT2D eigenvalue weighted by molar-refractivity contribution is 5.87. The lowest BCUT2D eigenvalue weighted by Crippen LogP contribution is -2.01. The summed E-state index contributed by atoms with van der Waals surface area (Å²) in [7, 11) is 0. The van der Waals surface area contributed by atoms with Gasteiger partial charge < -0.3 is 9.84 Å². The smallest absolute Gasteiger partial charge is 0.335 e. The fraction of sp³-hybridized carbons (Fsp3) is 0.417. The van der Waals surface area contributed by atoms with Gasteiger partial charge in [0.1, 0.15) is 0 Å². The molecule has 0 aliphatic heterocycles. The van der Waals surface area contributed by atoms with Gasteiger partial charge in [-0.25, -0.2) is 9.18 Å². The predicted molar refractivity (Wildman–Crippen MR) is 58.4 cm³/mol. The van der Waals surface area contributed by atoms with Gasteiger partial charge in [-0.3, -0.25) is 0 Å². The topological polar surface area (TPSA) is 46.5 Å². The van der Waals surface area contributed by atoms with Crippen molar-refractivity contribution in [1.82, 2.24) is 0 Å². The third-order valence-electron chi connectivity index (χ3n) is 2.18. The monoisotopic (exact) mass is 226 g/mol. The van der Waals surface area contributed by atoms with E-state index in [4.69, 9.17) is 9.84 Å². The molecule has 1 rings (SSSR count). The number of carbonyl (C=O) groups is 1. The van der Waals surface area contributed by atoms with E-state index < -0.39 is 11.8 Å². The number of rotatable bonds is 6. The van der Waals surface area contributed by atoms with E-state index in [2.05, 4.69) is 6.92 Å². The quantitative estimate of drug-likeness (QED) is 0.758. The Labute approximate surface area is 93.9 Å². The predicted octanol–water partition coefficient (Wildman–Crippen LogP) is 3.09. The molecule has 0 aromatic heterocycles. The number of unbranched alkanes of at least 4 members (excludes halogenated alkanes) is 2. The van der Waals surface area contributed by atoms with Gasteiger partial charge in [-0.2, -0.15) is 0 Å². The molecular weight excluding hydrogens is 211 g/mol. The molecule has 1 aromatic carbocycles. The normalized spacial score (nSPS) is 10.1. The minimum Gasteiger partial charge on any atom is -0.491 e. The van der Waals surface area contributed by atoms with Crippen molar-refractivity contribution in [3.63, 3.8) is 0 Å². The molecule has 0 radical (unpaired) electrons. The first-order chi connectivity index (χ1) is 7.65. The maximum Gasteiger partial charge on any atom is 0.335 e. The van der Waals surface area contributed by atoms with Crippen molar-refractivity contribution < 1.29 is 19.0 Å². The molecule has 0 atom stereocenters. The highest BCUT2D eigenvalue weighted by atomic mass is 19.1. The molecule has 3 nitrogen and oxygen atoms in total. The first-order valence-electron chi connectivity index (χ1n) is 5.30. The van der Waals surface area contributed by atoms with Gasteiger partial charge in [-0.1, -0.05) is 19.8 Å². The molecule has 1 N–H and O–H groups in total. The molecule has 0 saturated carbocycles. The Morgan fingerprint density at radius 1 is 1.44 bits per heavy atom. The number of carboxylic acids is 1. The van der Waals surface area contributed by atoms with Crippen molar-refractivity contribution in [2.45, 2.75) is 26.2 Å². The van der Waals surface area contributed by atoms with E-state index in [-0.39, 0.29) is 11.3 Å². The van der Waals surface area contributed by atoms with Crippen LogP contribution in [-0.4, -0.2) is 17.7 Å². The molecule has 0 aliphatic rings. The average molecular weight is 226 g/mol. The molecule has 1 aromatic rings. The summed E-state index contributed by atoms with van der Waals surface area (Å²) in [5, 5.41) is 8.64. The van der Waals surface area contributed by atoms with Gasteiger partial charge in [0, 0.05) is 0 Å². The van der Waals surface area contributed by atoms with Gasteiger partial charge in [0.05, 0.1) is 12.2 Å². The molecule has 0 heterocycles. The van der Waals surface area contributed by atoms with E-state index in [0.717, 1.165) is 25.3 Å². The van der Waals surface area contributed by atoms with Crippen molar-refractivity contribution in [1.29, 1.82) is 0 Å². The maximum atomic E-state index is 13.3. The zero-order valence-electron chi connectivity index (χ0n) is 9.20. The molecule has 0 bridgehead atoms. The summed E-state index contributed by atoms with van der Waals surface area (Å²) in [5.74, 6) is -1.66. The summed E-state index contributed by atoms with van der Waals surface area (Å²) in [6, 6.07) is 3.66. The molecule has 16 heavy (non-hydrogen) atoms. The second-order valence-corrected chi connectivity index (χ2v) is 3.51. The van der Waals surface area contributed by atoms with E-state index in [0.29, 0.717) is 6.61 Å². The summed E-state index contributed by atoms with van der Waals surface area (Å²) in [6.07, 6.45) is 2.98. The van der Waals surface area contributed by atoms with E-state index in [1.54, 1.807) is 0 Å². The van der Waals surface area contributed by atoms with Gasteiger partial charge in [-0.15, -0.1) is 0 Å². The summed E-state index contributed by atoms with van der Waals surface area (Å²) in [5.41, 5.74) is -0.0709. The van der Waals surface area contributed by atoms with Crippen molar-refractivity contribution >= 4 is 5.97 Å². The lowest BCUT2D eigenvalue weighted by Gasteiger charge is -2.07. The van der Waals surface area contributed by atoms with Crippen LogP contribution in [0.25, 0.3) is 0 Å². The van der Waals surface area contributed by atoms with Crippen LogP contribution in [0.5, 0.6) is 5.75 Å². The number of benzene rings is 1. The fourth-order valence-corrected chi connectivity index (χ4v) is 1.29. The molecule has 0 spiro atoms. The van der Waals surface area contributed by atoms with Gasteiger partial charge in [-0.05, 0) is 24.6 Å². The molecule has 0 saturated heterocycles. The van der Waals surface area contributed by atoms with Crippen LogP contribution in [-0.2, 0) is 0 Å². The highest BCUT2D eigenvalue weighted by Gasteiger charge is 2.08. The first-order valence-corrected chi connectivity index (χ1v) is 5.30. The Hall–Kier alpha value is -1.58. The Balaban J connectivity index is 2.57. The third kappa shape index (κ3) is 3.53. The molecule has 0 fully saturated rings. The number of halogens is 1. The summed E-state index contributed by atoms with van der Waals surface area (Å²) in [6.45, 7) is 2.53. The summed E-state index contributed by atoms with van der Waals surface area (Å²) in [4.78, 5) is 10.6. The standard InChI is InChI=1S/C12H15FO3/c1-2-3-4-7-16-11-6-5-9(12(14)15)8-10(11)13/h5-6,8H,2-4,7H2,1H3,(H,14,15). The number of ether oxygens (including phenoxy) is 1. The Morgan fingerprint density at radius 2 is 2.19 bits per heavy atom. The lowest BCUT2D eigenvalue weighted by atomic mass is 10.2. The van der Waals surface area contributed by atoms with E-state index in [1.807, 2.05) is 0 Å². The second kappa shape index (κ2) is 6.10. The van der Waals surface area contributed by atoms with Crippen LogP contribution in [0.1, 0.15) is 36.5 Å². The lowest BCUT2D eigenvalue weighted by molar-refractivity contribution is 0.0696. The first kappa shape index (κ1) is 12.5. The van der Waals surface area contributed by atoms with Crippen LogP contribution in [0, 0.1) is 5.82 Å². The van der Waals surface area contributed by atoms with E-state index in [1.165, 1.54) is 12.1 Å². The number of carboxylic acid groups (broad SMARTS) is 1. The summed E-state index contributed by atoms with van der Waals surface area (Å²) >= 11 is 0. The minimum absolute atomic E-state index is 0.0709. The molecular formula is C12H15FO3. The molecule has 0 unspecified atom stereocenters. The van der Waals surface area contributed by atoms with Crippen molar-refractivity contribution in [3.8, 4) is 5.75 Å². The zero-order chi connectivity index (χ0) is 12.0. The van der Waals surface area contributed by atoms with E-state index >= 15 is 0 Å². The number of hydrogen-bond donors (Lipinski definition) is 1.